The SMILES string of the molecule is Cc1ccc(-c2c(N(C)c3ccc(C)cc3)c(=O)c2=O)cc1. The highest BCUT2D eigenvalue weighted by atomic mass is 16.2. The van der Waals surface area contributed by atoms with E-state index in [4.69, 9.17) is 0 Å². The maximum atomic E-state index is 12.0. The van der Waals surface area contributed by atoms with E-state index in [0.29, 0.717) is 11.3 Å². The number of anilines is 2. The van der Waals surface area contributed by atoms with Crippen molar-refractivity contribution < 1.29 is 0 Å². The molecule has 3 aromatic carbocycles. The van der Waals surface area contributed by atoms with Gasteiger partial charge >= 0.3 is 0 Å². The summed E-state index contributed by atoms with van der Waals surface area (Å²) in [4.78, 5) is 25.8. The zero-order valence-electron chi connectivity index (χ0n) is 12.9. The summed E-state index contributed by atoms with van der Waals surface area (Å²) in [5.74, 6) is 0. The topological polar surface area (TPSA) is 37.4 Å². The number of hydrogen-bond acceptors (Lipinski definition) is 3. The van der Waals surface area contributed by atoms with Crippen LogP contribution in [0.4, 0.5) is 11.4 Å². The number of hydrogen-bond donors (Lipinski definition) is 0. The standard InChI is InChI=1S/C19H17NO2/c1-12-4-8-14(9-5-12)16-17(19(22)18(16)21)20(3)15-10-6-13(2)7-11-15/h4-11H,1-3H3. The fraction of sp³-hybridized carbons (Fsp3) is 0.158. The molecule has 3 nitrogen and oxygen atoms in total. The van der Waals surface area contributed by atoms with E-state index >= 15 is 0 Å². The summed E-state index contributed by atoms with van der Waals surface area (Å²) >= 11 is 0. The van der Waals surface area contributed by atoms with E-state index in [1.165, 1.54) is 0 Å². The van der Waals surface area contributed by atoms with E-state index in [1.807, 2.05) is 69.4 Å². The third kappa shape index (κ3) is 2.25. The lowest BCUT2D eigenvalue weighted by atomic mass is 9.96. The Kier molecular flexibility index (Phi) is 3.41. The van der Waals surface area contributed by atoms with Gasteiger partial charge in [0.1, 0.15) is 5.69 Å². The molecule has 0 aliphatic rings. The molecule has 0 bridgehead atoms. The van der Waals surface area contributed by atoms with Crippen molar-refractivity contribution >= 4 is 11.4 Å². The quantitative estimate of drug-likeness (QED) is 0.695. The van der Waals surface area contributed by atoms with Crippen molar-refractivity contribution in [1.82, 2.24) is 0 Å². The molecule has 0 spiro atoms. The summed E-state index contributed by atoms with van der Waals surface area (Å²) in [6, 6.07) is 15.5. The number of aryl methyl sites for hydroxylation is 2. The molecule has 0 amide bonds. The second-order valence-corrected chi connectivity index (χ2v) is 5.64. The van der Waals surface area contributed by atoms with E-state index in [0.717, 1.165) is 22.4 Å². The van der Waals surface area contributed by atoms with Crippen LogP contribution in [0.5, 0.6) is 0 Å². The summed E-state index contributed by atoms with van der Waals surface area (Å²) in [7, 11) is 1.82. The van der Waals surface area contributed by atoms with Crippen LogP contribution in [-0.4, -0.2) is 7.05 Å². The van der Waals surface area contributed by atoms with Gasteiger partial charge in [0.15, 0.2) is 0 Å². The highest BCUT2D eigenvalue weighted by Gasteiger charge is 2.25. The van der Waals surface area contributed by atoms with E-state index in [-0.39, 0.29) is 0 Å². The van der Waals surface area contributed by atoms with Gasteiger partial charge in [-0.25, -0.2) is 0 Å². The van der Waals surface area contributed by atoms with Crippen LogP contribution in [0.25, 0.3) is 11.1 Å². The predicted molar refractivity (Wildman–Crippen MR) is 90.8 cm³/mol. The van der Waals surface area contributed by atoms with Crippen LogP contribution in [0.2, 0.25) is 0 Å². The molecule has 0 unspecified atom stereocenters. The zero-order chi connectivity index (χ0) is 15.9. The Balaban J connectivity index is 2.07. The first kappa shape index (κ1) is 14.3. The molecule has 0 saturated heterocycles. The fourth-order valence-electron chi connectivity index (χ4n) is 2.59. The van der Waals surface area contributed by atoms with Crippen molar-refractivity contribution in [3.8, 4) is 11.1 Å². The van der Waals surface area contributed by atoms with Crippen LogP contribution in [0.15, 0.2) is 58.1 Å². The molecule has 0 radical (unpaired) electrons. The molecule has 0 aliphatic carbocycles. The van der Waals surface area contributed by atoms with Crippen LogP contribution in [0.3, 0.4) is 0 Å². The molecule has 0 saturated carbocycles. The zero-order valence-corrected chi connectivity index (χ0v) is 12.9. The first-order valence-electron chi connectivity index (χ1n) is 7.20. The average molecular weight is 291 g/mol. The third-order valence-corrected chi connectivity index (χ3v) is 3.98. The molecule has 22 heavy (non-hydrogen) atoms. The van der Waals surface area contributed by atoms with Gasteiger partial charge in [-0.2, -0.15) is 0 Å². The van der Waals surface area contributed by atoms with Gasteiger partial charge in [0.25, 0.3) is 5.43 Å². The van der Waals surface area contributed by atoms with Crippen molar-refractivity contribution in [2.24, 2.45) is 0 Å². The number of rotatable bonds is 3. The highest BCUT2D eigenvalue weighted by molar-refractivity contribution is 5.85. The van der Waals surface area contributed by atoms with E-state index < -0.39 is 10.9 Å². The number of benzene rings is 2. The van der Waals surface area contributed by atoms with Gasteiger partial charge < -0.3 is 4.90 Å². The number of nitrogens with zero attached hydrogens (tertiary/aromatic N) is 1. The van der Waals surface area contributed by atoms with E-state index in [9.17, 15) is 9.59 Å². The molecule has 110 valence electrons. The van der Waals surface area contributed by atoms with Gasteiger partial charge in [-0.1, -0.05) is 47.5 Å². The smallest absolute Gasteiger partial charge is 0.250 e. The lowest BCUT2D eigenvalue weighted by Gasteiger charge is -2.23. The Bertz CT molecular complexity index is 883. The van der Waals surface area contributed by atoms with Crippen LogP contribution in [0, 0.1) is 13.8 Å². The van der Waals surface area contributed by atoms with E-state index in [2.05, 4.69) is 0 Å². The van der Waals surface area contributed by atoms with Gasteiger partial charge in [-0.3, -0.25) is 9.59 Å². The Hall–Kier alpha value is -2.68. The third-order valence-electron chi connectivity index (χ3n) is 3.98. The van der Waals surface area contributed by atoms with Crippen molar-refractivity contribution in [2.75, 3.05) is 11.9 Å². The Morgan fingerprint density at radius 1 is 0.727 bits per heavy atom. The van der Waals surface area contributed by atoms with Crippen LogP contribution >= 0.6 is 0 Å². The first-order chi connectivity index (χ1) is 10.5. The van der Waals surface area contributed by atoms with Gasteiger partial charge in [0.2, 0.25) is 5.43 Å². The fourth-order valence-corrected chi connectivity index (χ4v) is 2.59. The van der Waals surface area contributed by atoms with Gasteiger partial charge in [0.05, 0.1) is 5.56 Å². The molecule has 0 fully saturated rings. The molecular weight excluding hydrogens is 274 g/mol. The maximum absolute atomic E-state index is 12.0. The molecule has 0 aromatic heterocycles. The largest absolute Gasteiger partial charge is 0.341 e. The Morgan fingerprint density at radius 3 is 1.77 bits per heavy atom. The molecule has 3 aromatic rings. The van der Waals surface area contributed by atoms with Gasteiger partial charge in [-0.15, -0.1) is 0 Å². The van der Waals surface area contributed by atoms with Crippen molar-refractivity contribution in [1.29, 1.82) is 0 Å². The normalized spacial score (nSPS) is 10.9. The highest BCUT2D eigenvalue weighted by Crippen LogP contribution is 2.30. The second-order valence-electron chi connectivity index (χ2n) is 5.64. The van der Waals surface area contributed by atoms with Crippen molar-refractivity contribution in [2.45, 2.75) is 13.8 Å². The monoisotopic (exact) mass is 291 g/mol. The minimum Gasteiger partial charge on any atom is -0.341 e. The maximum Gasteiger partial charge on any atom is 0.250 e. The second kappa shape index (κ2) is 5.26. The molecule has 0 N–H and O–H groups in total. The van der Waals surface area contributed by atoms with Crippen LogP contribution in [-0.2, 0) is 0 Å². The summed E-state index contributed by atoms with van der Waals surface area (Å²) in [5, 5.41) is 0. The van der Waals surface area contributed by atoms with Crippen LogP contribution in [0.1, 0.15) is 11.1 Å². The first-order valence-corrected chi connectivity index (χ1v) is 7.20. The Labute approximate surface area is 129 Å². The molecule has 0 heterocycles. The molecule has 0 atom stereocenters. The van der Waals surface area contributed by atoms with Crippen LogP contribution < -0.4 is 15.8 Å². The van der Waals surface area contributed by atoms with Gasteiger partial charge in [-0.05, 0) is 31.5 Å². The average Bonchev–Trinajstić information content (AvgIpc) is 2.53. The minimum absolute atomic E-state index is 0.405. The minimum atomic E-state index is -0.418. The molecular formula is C19H17NO2. The predicted octanol–water partition coefficient (Wildman–Crippen LogP) is 3.33. The summed E-state index contributed by atoms with van der Waals surface area (Å²) in [6.45, 7) is 4.00. The molecule has 0 aliphatic heterocycles. The Morgan fingerprint density at radius 2 is 1.23 bits per heavy atom. The summed E-state index contributed by atoms with van der Waals surface area (Å²) < 4.78 is 0. The van der Waals surface area contributed by atoms with E-state index in [1.54, 1.807) is 4.90 Å². The van der Waals surface area contributed by atoms with Gasteiger partial charge in [0, 0.05) is 12.7 Å². The lowest BCUT2D eigenvalue weighted by Crippen LogP contribution is -2.38. The molecule has 3 rings (SSSR count). The summed E-state index contributed by atoms with van der Waals surface area (Å²) in [6.07, 6.45) is 0. The van der Waals surface area contributed by atoms with Crippen molar-refractivity contribution in [3.05, 3.63) is 80.1 Å². The lowest BCUT2D eigenvalue weighted by molar-refractivity contribution is 1.16. The summed E-state index contributed by atoms with van der Waals surface area (Å²) in [5.41, 5.74) is 4.12. The molecule has 3 heteroatoms. The van der Waals surface area contributed by atoms with Crippen molar-refractivity contribution in [3.63, 3.8) is 0 Å².